The first-order chi connectivity index (χ1) is 7.53. The van der Waals surface area contributed by atoms with E-state index in [1.807, 2.05) is 18.2 Å². The maximum Gasteiger partial charge on any atom is 0.187 e. The summed E-state index contributed by atoms with van der Waals surface area (Å²) in [5, 5.41) is 0. The summed E-state index contributed by atoms with van der Waals surface area (Å²) in [6.07, 6.45) is 0. The van der Waals surface area contributed by atoms with Crippen LogP contribution in [-0.2, 0) is 9.84 Å². The Morgan fingerprint density at radius 3 is 2.31 bits per heavy atom. The van der Waals surface area contributed by atoms with Gasteiger partial charge in [-0.05, 0) is 24.3 Å². The van der Waals surface area contributed by atoms with Crippen molar-refractivity contribution in [2.24, 2.45) is 0 Å². The van der Waals surface area contributed by atoms with Crippen molar-refractivity contribution in [1.29, 1.82) is 0 Å². The minimum absolute atomic E-state index is 0.137. The lowest BCUT2D eigenvalue weighted by Crippen LogP contribution is -2.00. The lowest BCUT2D eigenvalue weighted by atomic mass is 10.4. The quantitative estimate of drug-likeness (QED) is 0.859. The molecule has 0 saturated carbocycles. The third-order valence-electron chi connectivity index (χ3n) is 2.08. The van der Waals surface area contributed by atoms with Gasteiger partial charge in [-0.3, -0.25) is 0 Å². The Morgan fingerprint density at radius 1 is 1.12 bits per heavy atom. The number of sulfone groups is 1. The zero-order chi connectivity index (χ0) is 11.8. The van der Waals surface area contributed by atoms with Gasteiger partial charge in [0.2, 0.25) is 0 Å². The van der Waals surface area contributed by atoms with E-state index in [2.05, 4.69) is 0 Å². The highest BCUT2D eigenvalue weighted by Gasteiger charge is 2.15. The van der Waals surface area contributed by atoms with Gasteiger partial charge in [0.15, 0.2) is 9.84 Å². The summed E-state index contributed by atoms with van der Waals surface area (Å²) in [6, 6.07) is 7.21. The van der Waals surface area contributed by atoms with Crippen LogP contribution in [0.3, 0.4) is 0 Å². The van der Waals surface area contributed by atoms with E-state index in [9.17, 15) is 8.42 Å². The predicted molar refractivity (Wildman–Crippen MR) is 70.4 cm³/mol. The minimum atomic E-state index is -3.09. The molecule has 0 radical (unpaired) electrons. The highest BCUT2D eigenvalue weighted by atomic mass is 35.5. The average Bonchev–Trinajstić information content (AvgIpc) is 2.85. The maximum absolute atomic E-state index is 11.6. The smallest absolute Gasteiger partial charge is 0.187 e. The molecule has 0 amide bonds. The van der Waals surface area contributed by atoms with E-state index in [1.54, 1.807) is 13.0 Å². The van der Waals surface area contributed by atoms with Crippen molar-refractivity contribution in [1.82, 2.24) is 0 Å². The van der Waals surface area contributed by atoms with Crippen LogP contribution >= 0.6 is 34.3 Å². The molecule has 16 heavy (non-hydrogen) atoms. The van der Waals surface area contributed by atoms with Crippen LogP contribution in [0.15, 0.2) is 28.5 Å². The van der Waals surface area contributed by atoms with Crippen LogP contribution < -0.4 is 0 Å². The first-order valence-electron chi connectivity index (χ1n) is 4.61. The molecule has 2 aromatic heterocycles. The van der Waals surface area contributed by atoms with Crippen molar-refractivity contribution in [2.45, 2.75) is 11.1 Å². The van der Waals surface area contributed by atoms with Crippen LogP contribution in [0.4, 0.5) is 0 Å². The zero-order valence-corrected chi connectivity index (χ0v) is 11.6. The number of halogens is 1. The molecule has 2 nitrogen and oxygen atoms in total. The van der Waals surface area contributed by atoms with Gasteiger partial charge in [0.05, 0.1) is 10.1 Å². The average molecular weight is 293 g/mol. The van der Waals surface area contributed by atoms with Gasteiger partial charge in [-0.25, -0.2) is 8.42 Å². The Bertz CT molecular complexity index is 595. The standard InChI is InChI=1S/C10H9ClO2S3/c1-2-16(12,13)10-6-4-8(15-10)7-3-5-9(11)14-7/h3-6H,2H2,1H3. The number of hydrogen-bond acceptors (Lipinski definition) is 4. The summed E-state index contributed by atoms with van der Waals surface area (Å²) >= 11 is 8.59. The van der Waals surface area contributed by atoms with Gasteiger partial charge in [-0.1, -0.05) is 18.5 Å². The van der Waals surface area contributed by atoms with E-state index in [-0.39, 0.29) is 5.75 Å². The Kier molecular flexibility index (Phi) is 3.39. The third kappa shape index (κ3) is 2.32. The summed E-state index contributed by atoms with van der Waals surface area (Å²) in [5.41, 5.74) is 0. The van der Waals surface area contributed by atoms with Gasteiger partial charge in [0, 0.05) is 9.75 Å². The minimum Gasteiger partial charge on any atom is -0.223 e. The SMILES string of the molecule is CCS(=O)(=O)c1ccc(-c2ccc(Cl)s2)s1. The van der Waals surface area contributed by atoms with Crippen LogP contribution in [0, 0.1) is 0 Å². The topological polar surface area (TPSA) is 34.1 Å². The zero-order valence-electron chi connectivity index (χ0n) is 8.44. The van der Waals surface area contributed by atoms with E-state index in [1.165, 1.54) is 22.7 Å². The highest BCUT2D eigenvalue weighted by molar-refractivity contribution is 7.93. The van der Waals surface area contributed by atoms with Crippen LogP contribution in [0.5, 0.6) is 0 Å². The molecule has 2 heterocycles. The summed E-state index contributed by atoms with van der Waals surface area (Å²) in [7, 11) is -3.09. The van der Waals surface area contributed by atoms with Crippen LogP contribution in [-0.4, -0.2) is 14.2 Å². The van der Waals surface area contributed by atoms with Gasteiger partial charge < -0.3 is 0 Å². The van der Waals surface area contributed by atoms with Gasteiger partial charge >= 0.3 is 0 Å². The first-order valence-corrected chi connectivity index (χ1v) is 8.27. The van der Waals surface area contributed by atoms with Gasteiger partial charge in [0.25, 0.3) is 0 Å². The molecule has 0 atom stereocenters. The first kappa shape index (κ1) is 12.1. The maximum atomic E-state index is 11.6. The lowest BCUT2D eigenvalue weighted by Gasteiger charge is -1.94. The molecule has 0 aliphatic carbocycles. The summed E-state index contributed by atoms with van der Waals surface area (Å²) in [5.74, 6) is 0.137. The van der Waals surface area contributed by atoms with E-state index in [0.717, 1.165) is 9.75 Å². The third-order valence-corrected chi connectivity index (χ3v) is 6.91. The van der Waals surface area contributed by atoms with E-state index < -0.39 is 9.84 Å². The second-order valence-corrected chi connectivity index (χ2v) is 8.43. The van der Waals surface area contributed by atoms with Gasteiger partial charge in [0.1, 0.15) is 4.21 Å². The van der Waals surface area contributed by atoms with Crippen molar-refractivity contribution in [3.63, 3.8) is 0 Å². The predicted octanol–water partition coefficient (Wildman–Crippen LogP) is 3.92. The molecule has 0 spiro atoms. The molecule has 0 fully saturated rings. The Labute approximate surface area is 107 Å². The van der Waals surface area contributed by atoms with E-state index in [0.29, 0.717) is 8.55 Å². The largest absolute Gasteiger partial charge is 0.223 e. The summed E-state index contributed by atoms with van der Waals surface area (Å²) in [6.45, 7) is 1.65. The summed E-state index contributed by atoms with van der Waals surface area (Å²) in [4.78, 5) is 1.96. The number of hydrogen-bond donors (Lipinski definition) is 0. The monoisotopic (exact) mass is 292 g/mol. The molecule has 0 unspecified atom stereocenters. The molecular formula is C10H9ClO2S3. The van der Waals surface area contributed by atoms with Crippen molar-refractivity contribution in [3.8, 4) is 9.75 Å². The van der Waals surface area contributed by atoms with Gasteiger partial charge in [-0.2, -0.15) is 0 Å². The van der Waals surface area contributed by atoms with E-state index >= 15 is 0 Å². The molecule has 6 heteroatoms. The van der Waals surface area contributed by atoms with Crippen molar-refractivity contribution >= 4 is 44.1 Å². The van der Waals surface area contributed by atoms with Crippen LogP contribution in [0.2, 0.25) is 4.34 Å². The fourth-order valence-electron chi connectivity index (χ4n) is 1.21. The Hall–Kier alpha value is -0.360. The molecule has 0 aliphatic heterocycles. The molecule has 0 aromatic carbocycles. The fraction of sp³-hybridized carbons (Fsp3) is 0.200. The number of thiophene rings is 2. The van der Waals surface area contributed by atoms with E-state index in [4.69, 9.17) is 11.6 Å². The van der Waals surface area contributed by atoms with Crippen molar-refractivity contribution < 1.29 is 8.42 Å². The van der Waals surface area contributed by atoms with Crippen LogP contribution in [0.1, 0.15) is 6.92 Å². The Balaban J connectivity index is 2.41. The van der Waals surface area contributed by atoms with Crippen molar-refractivity contribution in [3.05, 3.63) is 28.6 Å². The second kappa shape index (κ2) is 4.49. The molecule has 2 rings (SSSR count). The normalized spacial score (nSPS) is 11.9. The molecule has 0 saturated heterocycles. The molecule has 0 bridgehead atoms. The Morgan fingerprint density at radius 2 is 1.75 bits per heavy atom. The number of rotatable bonds is 3. The van der Waals surface area contributed by atoms with Gasteiger partial charge in [-0.15, -0.1) is 22.7 Å². The second-order valence-electron chi connectivity index (χ2n) is 3.13. The van der Waals surface area contributed by atoms with Crippen LogP contribution in [0.25, 0.3) is 9.75 Å². The lowest BCUT2D eigenvalue weighted by molar-refractivity contribution is 0.599. The fourth-order valence-corrected chi connectivity index (χ4v) is 4.77. The highest BCUT2D eigenvalue weighted by Crippen LogP contribution is 2.36. The molecule has 0 aliphatic rings. The molecule has 86 valence electrons. The van der Waals surface area contributed by atoms with Crippen molar-refractivity contribution in [2.75, 3.05) is 5.75 Å². The molecule has 0 N–H and O–H groups in total. The molecular weight excluding hydrogens is 284 g/mol. The molecule has 2 aromatic rings. The summed E-state index contributed by atoms with van der Waals surface area (Å²) < 4.78 is 24.4.